The zero-order chi connectivity index (χ0) is 14.7. The molecule has 1 aliphatic heterocycles. The van der Waals surface area contributed by atoms with E-state index >= 15 is 0 Å². The van der Waals surface area contributed by atoms with Crippen LogP contribution in [-0.4, -0.2) is 45.9 Å². The quantitative estimate of drug-likeness (QED) is 0.835. The third-order valence-corrected chi connectivity index (χ3v) is 4.60. The fraction of sp³-hybridized carbons (Fsp3) is 0.750. The fourth-order valence-corrected chi connectivity index (χ4v) is 3.46. The van der Waals surface area contributed by atoms with E-state index in [1.54, 1.807) is 0 Å². The van der Waals surface area contributed by atoms with Crippen molar-refractivity contribution in [3.63, 3.8) is 0 Å². The lowest BCUT2D eigenvalue weighted by Crippen LogP contribution is -2.40. The van der Waals surface area contributed by atoms with Gasteiger partial charge in [0.25, 0.3) is 0 Å². The Morgan fingerprint density at radius 2 is 2.14 bits per heavy atom. The molecule has 0 bridgehead atoms. The van der Waals surface area contributed by atoms with Crippen LogP contribution in [0.1, 0.15) is 44.1 Å². The summed E-state index contributed by atoms with van der Waals surface area (Å²) in [5.41, 5.74) is 1.16. The van der Waals surface area contributed by atoms with Crippen LogP contribution in [0.5, 0.6) is 0 Å². The number of rotatable bonds is 5. The van der Waals surface area contributed by atoms with Gasteiger partial charge in [0.2, 0.25) is 5.91 Å². The zero-order valence-corrected chi connectivity index (χ0v) is 12.8. The molecule has 1 amide bonds. The van der Waals surface area contributed by atoms with Crippen molar-refractivity contribution in [3.8, 4) is 0 Å². The van der Waals surface area contributed by atoms with E-state index in [2.05, 4.69) is 5.10 Å². The Morgan fingerprint density at radius 1 is 1.33 bits per heavy atom. The van der Waals surface area contributed by atoms with Crippen molar-refractivity contribution < 1.29 is 9.53 Å². The van der Waals surface area contributed by atoms with E-state index in [9.17, 15) is 4.79 Å². The van der Waals surface area contributed by atoms with E-state index < -0.39 is 0 Å². The second kappa shape index (κ2) is 6.60. The van der Waals surface area contributed by atoms with Gasteiger partial charge in [-0.2, -0.15) is 5.10 Å². The molecule has 1 saturated carbocycles. The first-order valence-corrected chi connectivity index (χ1v) is 8.12. The molecule has 1 aromatic heterocycles. The van der Waals surface area contributed by atoms with Crippen LogP contribution in [0.15, 0.2) is 12.4 Å². The predicted octanol–water partition coefficient (Wildman–Crippen LogP) is 2.14. The molecule has 2 heterocycles. The van der Waals surface area contributed by atoms with Gasteiger partial charge in [0, 0.05) is 12.7 Å². The van der Waals surface area contributed by atoms with Crippen LogP contribution in [0.2, 0.25) is 0 Å². The molecule has 5 nitrogen and oxygen atoms in total. The minimum atomic E-state index is 0.147. The first-order valence-electron chi connectivity index (χ1n) is 8.12. The van der Waals surface area contributed by atoms with Crippen molar-refractivity contribution in [1.82, 2.24) is 14.7 Å². The number of amides is 1. The summed E-state index contributed by atoms with van der Waals surface area (Å²) in [5.74, 6) is 0.147. The molecule has 0 spiro atoms. The van der Waals surface area contributed by atoms with E-state index in [-0.39, 0.29) is 18.6 Å². The van der Waals surface area contributed by atoms with Crippen molar-refractivity contribution in [2.75, 3.05) is 13.2 Å². The SMILES string of the molecule is Cc1cnn(CC2CCCN2C(=O)COC2CCCC2)c1. The van der Waals surface area contributed by atoms with E-state index in [4.69, 9.17) is 4.74 Å². The first kappa shape index (κ1) is 14.6. The first-order chi connectivity index (χ1) is 10.2. The molecule has 1 aromatic rings. The summed E-state index contributed by atoms with van der Waals surface area (Å²) in [6, 6.07) is 0.268. The van der Waals surface area contributed by atoms with Crippen LogP contribution in [0.4, 0.5) is 0 Å². The Kier molecular flexibility index (Phi) is 4.58. The lowest BCUT2D eigenvalue weighted by Gasteiger charge is -2.25. The maximum absolute atomic E-state index is 12.4. The van der Waals surface area contributed by atoms with Crippen LogP contribution in [0.25, 0.3) is 0 Å². The van der Waals surface area contributed by atoms with E-state index in [0.717, 1.165) is 44.3 Å². The van der Waals surface area contributed by atoms with Crippen molar-refractivity contribution in [2.24, 2.45) is 0 Å². The van der Waals surface area contributed by atoms with E-state index in [1.165, 1.54) is 12.8 Å². The maximum atomic E-state index is 12.4. The molecular weight excluding hydrogens is 266 g/mol. The number of hydrogen-bond donors (Lipinski definition) is 0. The lowest BCUT2D eigenvalue weighted by molar-refractivity contribution is -0.139. The summed E-state index contributed by atoms with van der Waals surface area (Å²) in [6.45, 7) is 3.94. The lowest BCUT2D eigenvalue weighted by atomic mass is 10.2. The Hall–Kier alpha value is -1.36. The molecule has 1 saturated heterocycles. The Labute approximate surface area is 126 Å². The molecule has 5 heteroatoms. The van der Waals surface area contributed by atoms with Crippen LogP contribution in [0, 0.1) is 6.92 Å². The highest BCUT2D eigenvalue weighted by atomic mass is 16.5. The van der Waals surface area contributed by atoms with Crippen LogP contribution < -0.4 is 0 Å². The molecule has 116 valence electrons. The largest absolute Gasteiger partial charge is 0.368 e. The van der Waals surface area contributed by atoms with Crippen LogP contribution >= 0.6 is 0 Å². The van der Waals surface area contributed by atoms with E-state index in [0.29, 0.717) is 6.10 Å². The number of hydrogen-bond acceptors (Lipinski definition) is 3. The van der Waals surface area contributed by atoms with Gasteiger partial charge in [0.1, 0.15) is 6.61 Å². The summed E-state index contributed by atoms with van der Waals surface area (Å²) in [6.07, 6.45) is 11.1. The molecule has 1 atom stereocenters. The molecule has 21 heavy (non-hydrogen) atoms. The Balaban J connectivity index is 1.51. The topological polar surface area (TPSA) is 47.4 Å². The highest BCUT2D eigenvalue weighted by Gasteiger charge is 2.29. The normalized spacial score (nSPS) is 23.1. The molecule has 0 radical (unpaired) electrons. The molecule has 2 fully saturated rings. The monoisotopic (exact) mass is 291 g/mol. The van der Waals surface area contributed by atoms with Gasteiger partial charge in [-0.1, -0.05) is 12.8 Å². The molecule has 0 N–H and O–H groups in total. The van der Waals surface area contributed by atoms with Crippen molar-refractivity contribution in [3.05, 3.63) is 18.0 Å². The van der Waals surface area contributed by atoms with Gasteiger partial charge in [0.05, 0.1) is 24.9 Å². The second-order valence-corrected chi connectivity index (χ2v) is 6.34. The summed E-state index contributed by atoms with van der Waals surface area (Å²) in [5, 5.41) is 4.33. The smallest absolute Gasteiger partial charge is 0.248 e. The molecular formula is C16H25N3O2. The predicted molar refractivity (Wildman–Crippen MR) is 79.9 cm³/mol. The molecule has 1 unspecified atom stereocenters. The summed E-state index contributed by atoms with van der Waals surface area (Å²) >= 11 is 0. The molecule has 1 aliphatic carbocycles. The maximum Gasteiger partial charge on any atom is 0.248 e. The minimum Gasteiger partial charge on any atom is -0.368 e. The molecule has 0 aromatic carbocycles. The zero-order valence-electron chi connectivity index (χ0n) is 12.8. The fourth-order valence-electron chi connectivity index (χ4n) is 3.46. The van der Waals surface area contributed by atoms with Gasteiger partial charge >= 0.3 is 0 Å². The van der Waals surface area contributed by atoms with Crippen LogP contribution in [0.3, 0.4) is 0 Å². The summed E-state index contributed by atoms with van der Waals surface area (Å²) in [7, 11) is 0. The van der Waals surface area contributed by atoms with Gasteiger partial charge in [0.15, 0.2) is 0 Å². The number of nitrogens with zero attached hydrogens (tertiary/aromatic N) is 3. The van der Waals surface area contributed by atoms with Crippen molar-refractivity contribution >= 4 is 5.91 Å². The number of likely N-dealkylation sites (tertiary alicyclic amines) is 1. The Bertz CT molecular complexity index is 480. The van der Waals surface area contributed by atoms with Gasteiger partial charge in [-0.15, -0.1) is 0 Å². The number of carbonyl (C=O) groups excluding carboxylic acids is 1. The third-order valence-electron chi connectivity index (χ3n) is 4.60. The standard InChI is InChI=1S/C16H25N3O2/c1-13-9-17-18(10-13)11-14-5-4-8-19(14)16(20)12-21-15-6-2-3-7-15/h9-10,14-15H,2-8,11-12H2,1H3. The summed E-state index contributed by atoms with van der Waals surface area (Å²) < 4.78 is 7.71. The number of ether oxygens (including phenoxy) is 1. The van der Waals surface area contributed by atoms with Gasteiger partial charge < -0.3 is 9.64 Å². The minimum absolute atomic E-state index is 0.147. The van der Waals surface area contributed by atoms with E-state index in [1.807, 2.05) is 28.9 Å². The highest BCUT2D eigenvalue weighted by Crippen LogP contribution is 2.22. The number of carbonyl (C=O) groups is 1. The van der Waals surface area contributed by atoms with Gasteiger partial charge in [-0.25, -0.2) is 0 Å². The Morgan fingerprint density at radius 3 is 2.86 bits per heavy atom. The third kappa shape index (κ3) is 3.64. The van der Waals surface area contributed by atoms with Gasteiger partial charge in [-0.3, -0.25) is 9.48 Å². The number of aryl methyl sites for hydroxylation is 1. The average Bonchev–Trinajstić information content (AvgIpc) is 3.19. The summed E-state index contributed by atoms with van der Waals surface area (Å²) in [4.78, 5) is 14.4. The van der Waals surface area contributed by atoms with Crippen LogP contribution in [-0.2, 0) is 16.1 Å². The van der Waals surface area contributed by atoms with Crippen molar-refractivity contribution in [1.29, 1.82) is 0 Å². The second-order valence-electron chi connectivity index (χ2n) is 6.34. The van der Waals surface area contributed by atoms with Gasteiger partial charge in [-0.05, 0) is 38.2 Å². The van der Waals surface area contributed by atoms with Crippen molar-refractivity contribution in [2.45, 2.75) is 64.1 Å². The molecule has 2 aliphatic rings. The average molecular weight is 291 g/mol. The number of aromatic nitrogens is 2. The highest BCUT2D eigenvalue weighted by molar-refractivity contribution is 5.78. The molecule has 3 rings (SSSR count).